The fraction of sp³-hybridized carbons (Fsp3) is 0.250. The Bertz CT molecular complexity index is 418. The van der Waals surface area contributed by atoms with E-state index in [-0.39, 0.29) is 5.56 Å². The smallest absolute Gasteiger partial charge is 0.257 e. The van der Waals surface area contributed by atoms with Crippen LogP contribution in [0.5, 0.6) is 5.75 Å². The van der Waals surface area contributed by atoms with Crippen molar-refractivity contribution in [2.45, 2.75) is 12.7 Å². The summed E-state index contributed by atoms with van der Waals surface area (Å²) in [5.41, 5.74) is 0.212. The summed E-state index contributed by atoms with van der Waals surface area (Å²) in [4.78, 5) is 11.5. The van der Waals surface area contributed by atoms with Gasteiger partial charge >= 0.3 is 0 Å². The quantitative estimate of drug-likeness (QED) is 0.652. The molecular weight excluding hydrogens is 247 g/mol. The van der Waals surface area contributed by atoms with Gasteiger partial charge in [-0.1, -0.05) is 0 Å². The summed E-state index contributed by atoms with van der Waals surface area (Å²) in [6.45, 7) is 0. The predicted octanol–water partition coefficient (Wildman–Crippen LogP) is 2.54. The minimum Gasteiger partial charge on any atom is -0.497 e. The van der Waals surface area contributed by atoms with Gasteiger partial charge in [-0.2, -0.15) is 0 Å². The molecule has 1 rings (SSSR count). The van der Waals surface area contributed by atoms with Crippen LogP contribution in [0, 0.1) is 0 Å². The highest BCUT2D eigenvalue weighted by Crippen LogP contribution is 2.11. The Balaban J connectivity index is 2.59. The average molecular weight is 259 g/mol. The van der Waals surface area contributed by atoms with Crippen molar-refractivity contribution in [2.75, 3.05) is 7.11 Å². The van der Waals surface area contributed by atoms with Crippen LogP contribution in [-0.4, -0.2) is 25.7 Å². The number of allylic oxidation sites excluding steroid dienone is 1. The van der Waals surface area contributed by atoms with Crippen LogP contribution in [0.1, 0.15) is 10.4 Å². The van der Waals surface area contributed by atoms with Gasteiger partial charge in [0, 0.05) is 5.56 Å². The maximum absolute atomic E-state index is 13.1. The number of carbonyl (C=O) groups is 1. The first-order chi connectivity index (χ1) is 8.52. The molecule has 1 unspecified atom stereocenters. The number of halogens is 3. The zero-order chi connectivity index (χ0) is 13.5. The lowest BCUT2D eigenvalue weighted by atomic mass is 10.2. The fourth-order valence-electron chi connectivity index (χ4n) is 1.18. The first-order valence-corrected chi connectivity index (χ1v) is 5.08. The van der Waals surface area contributed by atoms with Crippen LogP contribution in [-0.2, 0) is 0 Å². The Morgan fingerprint density at radius 2 is 1.83 bits per heavy atom. The lowest BCUT2D eigenvalue weighted by Gasteiger charge is -2.07. The highest BCUT2D eigenvalue weighted by atomic mass is 19.3. The van der Waals surface area contributed by atoms with E-state index in [4.69, 9.17) is 4.74 Å². The molecule has 0 heterocycles. The van der Waals surface area contributed by atoms with Crippen LogP contribution >= 0.6 is 0 Å². The molecule has 6 heteroatoms. The van der Waals surface area contributed by atoms with Crippen molar-refractivity contribution in [3.63, 3.8) is 0 Å². The molecule has 0 radical (unpaired) electrons. The molecular formula is C12H12F3NO2. The number of benzene rings is 1. The minimum atomic E-state index is -2.75. The van der Waals surface area contributed by atoms with E-state index in [2.05, 4.69) is 0 Å². The second kappa shape index (κ2) is 6.68. The van der Waals surface area contributed by atoms with Gasteiger partial charge in [-0.05, 0) is 36.4 Å². The number of ether oxygens (including phenoxy) is 1. The standard InChI is InChI=1S/C12H12F3NO2/c1-18-9-4-2-8(3-5-9)12(17)16-11(15)7-6-10(13)14/h2-7,10-11H,1H3,(H,16,17). The molecule has 0 spiro atoms. The van der Waals surface area contributed by atoms with Crippen molar-refractivity contribution < 1.29 is 22.7 Å². The number of methoxy groups -OCH3 is 1. The number of amides is 1. The lowest BCUT2D eigenvalue weighted by molar-refractivity contribution is 0.0914. The van der Waals surface area contributed by atoms with Crippen molar-refractivity contribution in [1.29, 1.82) is 0 Å². The summed E-state index contributed by atoms with van der Waals surface area (Å²) in [5, 5.41) is 1.92. The van der Waals surface area contributed by atoms with E-state index < -0.39 is 18.6 Å². The van der Waals surface area contributed by atoms with Crippen molar-refractivity contribution in [3.05, 3.63) is 42.0 Å². The van der Waals surface area contributed by atoms with E-state index >= 15 is 0 Å². The third kappa shape index (κ3) is 4.48. The molecule has 0 bridgehead atoms. The Hall–Kier alpha value is -1.98. The van der Waals surface area contributed by atoms with Gasteiger partial charge in [0.25, 0.3) is 12.3 Å². The van der Waals surface area contributed by atoms with Crippen molar-refractivity contribution in [2.24, 2.45) is 0 Å². The van der Waals surface area contributed by atoms with Gasteiger partial charge in [-0.25, -0.2) is 13.2 Å². The molecule has 18 heavy (non-hydrogen) atoms. The third-order valence-corrected chi connectivity index (χ3v) is 2.05. The minimum absolute atomic E-state index is 0.212. The molecule has 3 nitrogen and oxygen atoms in total. The number of nitrogens with one attached hydrogen (secondary N) is 1. The Labute approximate surface area is 102 Å². The van der Waals surface area contributed by atoms with E-state index in [1.165, 1.54) is 31.4 Å². The predicted molar refractivity (Wildman–Crippen MR) is 60.5 cm³/mol. The third-order valence-electron chi connectivity index (χ3n) is 2.05. The Morgan fingerprint density at radius 1 is 1.22 bits per heavy atom. The lowest BCUT2D eigenvalue weighted by Crippen LogP contribution is -2.30. The van der Waals surface area contributed by atoms with Crippen LogP contribution in [0.3, 0.4) is 0 Å². The summed E-state index contributed by atoms with van der Waals surface area (Å²) in [6.07, 6.45) is -3.74. The zero-order valence-corrected chi connectivity index (χ0v) is 9.57. The topological polar surface area (TPSA) is 38.3 Å². The number of hydrogen-bond acceptors (Lipinski definition) is 2. The fourth-order valence-corrected chi connectivity index (χ4v) is 1.18. The van der Waals surface area contributed by atoms with Crippen LogP contribution in [0.2, 0.25) is 0 Å². The first-order valence-electron chi connectivity index (χ1n) is 5.08. The van der Waals surface area contributed by atoms with Gasteiger partial charge < -0.3 is 10.1 Å². The van der Waals surface area contributed by atoms with Crippen molar-refractivity contribution in [1.82, 2.24) is 5.32 Å². The van der Waals surface area contributed by atoms with Crippen LogP contribution in [0.15, 0.2) is 36.4 Å². The molecule has 0 aromatic heterocycles. The Morgan fingerprint density at radius 3 is 2.33 bits per heavy atom. The van der Waals surface area contributed by atoms with Gasteiger partial charge in [0.15, 0.2) is 6.30 Å². The van der Waals surface area contributed by atoms with Gasteiger partial charge in [0.1, 0.15) is 5.75 Å². The van der Waals surface area contributed by atoms with Crippen LogP contribution in [0.4, 0.5) is 13.2 Å². The normalized spacial score (nSPS) is 12.7. The van der Waals surface area contributed by atoms with Gasteiger partial charge in [0.2, 0.25) is 0 Å². The second-order valence-electron chi connectivity index (χ2n) is 3.32. The number of carbonyl (C=O) groups excluding carboxylic acids is 1. The number of alkyl halides is 3. The molecule has 0 saturated heterocycles. The first kappa shape index (κ1) is 14.1. The molecule has 1 amide bonds. The Kier molecular flexibility index (Phi) is 5.23. The van der Waals surface area contributed by atoms with Gasteiger partial charge in [-0.3, -0.25) is 4.79 Å². The molecule has 0 fully saturated rings. The monoisotopic (exact) mass is 259 g/mol. The maximum Gasteiger partial charge on any atom is 0.257 e. The van der Waals surface area contributed by atoms with Crippen molar-refractivity contribution >= 4 is 5.91 Å². The molecule has 0 saturated carbocycles. The summed E-state index contributed by atoms with van der Waals surface area (Å²) < 4.78 is 41.5. The van der Waals surface area contributed by atoms with Crippen LogP contribution in [0.25, 0.3) is 0 Å². The molecule has 0 aliphatic carbocycles. The van der Waals surface area contributed by atoms with E-state index in [0.29, 0.717) is 17.9 Å². The van der Waals surface area contributed by atoms with E-state index in [0.717, 1.165) is 0 Å². The van der Waals surface area contributed by atoms with E-state index in [1.54, 1.807) is 0 Å². The summed E-state index contributed by atoms with van der Waals surface area (Å²) in [6, 6.07) is 5.96. The molecule has 1 N–H and O–H groups in total. The zero-order valence-electron chi connectivity index (χ0n) is 9.57. The number of hydrogen-bond donors (Lipinski definition) is 1. The van der Waals surface area contributed by atoms with Gasteiger partial charge in [-0.15, -0.1) is 0 Å². The largest absolute Gasteiger partial charge is 0.497 e. The summed E-state index contributed by atoms with van der Waals surface area (Å²) >= 11 is 0. The molecule has 0 aliphatic rings. The molecule has 1 aromatic rings. The van der Waals surface area contributed by atoms with E-state index in [1.807, 2.05) is 5.32 Å². The highest BCUT2D eigenvalue weighted by Gasteiger charge is 2.10. The van der Waals surface area contributed by atoms with Crippen molar-refractivity contribution in [3.8, 4) is 5.75 Å². The molecule has 0 aliphatic heterocycles. The molecule has 1 atom stereocenters. The highest BCUT2D eigenvalue weighted by molar-refractivity contribution is 5.94. The van der Waals surface area contributed by atoms with Crippen LogP contribution < -0.4 is 10.1 Å². The summed E-state index contributed by atoms with van der Waals surface area (Å²) in [5.74, 6) is -0.134. The summed E-state index contributed by atoms with van der Waals surface area (Å²) in [7, 11) is 1.47. The maximum atomic E-state index is 13.1. The van der Waals surface area contributed by atoms with E-state index in [9.17, 15) is 18.0 Å². The molecule has 98 valence electrons. The molecule has 1 aromatic carbocycles. The number of rotatable bonds is 5. The SMILES string of the molecule is COc1ccc(C(=O)NC(F)C=CC(F)F)cc1. The second-order valence-corrected chi connectivity index (χ2v) is 3.32. The van der Waals surface area contributed by atoms with Gasteiger partial charge in [0.05, 0.1) is 7.11 Å². The average Bonchev–Trinajstić information content (AvgIpc) is 2.36.